The number of anilines is 1. The average molecular weight is 333 g/mol. The maximum absolute atomic E-state index is 11.9. The molecule has 0 fully saturated rings. The Morgan fingerprint density at radius 3 is 2.80 bits per heavy atom. The van der Waals surface area contributed by atoms with Crippen molar-refractivity contribution < 1.29 is 9.32 Å². The van der Waals surface area contributed by atoms with Crippen LogP contribution in [0.15, 0.2) is 59.1 Å². The Morgan fingerprint density at radius 2 is 2.00 bits per heavy atom. The number of hydrogen-bond acceptors (Lipinski definition) is 5. The van der Waals surface area contributed by atoms with Gasteiger partial charge in [0.25, 0.3) is 0 Å². The number of hydrogen-bond donors (Lipinski definition) is 2. The first-order valence-corrected chi connectivity index (χ1v) is 7.63. The molecule has 1 heterocycles. The van der Waals surface area contributed by atoms with Gasteiger partial charge in [0.2, 0.25) is 5.89 Å². The predicted octanol–water partition coefficient (Wildman–Crippen LogP) is 2.85. The molecule has 0 aliphatic heterocycles. The smallest absolute Gasteiger partial charge is 0.319 e. The van der Waals surface area contributed by atoms with E-state index in [0.29, 0.717) is 29.4 Å². The van der Waals surface area contributed by atoms with Crippen molar-refractivity contribution in [1.29, 1.82) is 5.26 Å². The molecule has 25 heavy (non-hydrogen) atoms. The molecule has 1 aromatic heterocycles. The van der Waals surface area contributed by atoms with Crippen molar-refractivity contribution in [1.82, 2.24) is 15.5 Å². The maximum Gasteiger partial charge on any atom is 0.319 e. The zero-order chi connectivity index (χ0) is 17.5. The number of benzene rings is 2. The van der Waals surface area contributed by atoms with Crippen LogP contribution in [-0.2, 0) is 13.0 Å². The quantitative estimate of drug-likeness (QED) is 0.747. The molecule has 0 unspecified atom stereocenters. The van der Waals surface area contributed by atoms with Gasteiger partial charge >= 0.3 is 6.03 Å². The zero-order valence-electron chi connectivity index (χ0n) is 13.3. The number of nitrogens with zero attached hydrogens (tertiary/aromatic N) is 3. The summed E-state index contributed by atoms with van der Waals surface area (Å²) < 4.78 is 5.13. The summed E-state index contributed by atoms with van der Waals surface area (Å²) in [5, 5.41) is 18.0. The number of nitrogens with one attached hydrogen (secondary N) is 2. The highest BCUT2D eigenvalue weighted by atomic mass is 16.5. The van der Waals surface area contributed by atoms with Gasteiger partial charge in [-0.1, -0.05) is 41.6 Å². The lowest BCUT2D eigenvalue weighted by atomic mass is 10.1. The largest absolute Gasteiger partial charge is 0.337 e. The Kier molecular flexibility index (Phi) is 5.02. The van der Waals surface area contributed by atoms with Gasteiger partial charge in [-0.15, -0.1) is 0 Å². The second-order valence-electron chi connectivity index (χ2n) is 5.27. The van der Waals surface area contributed by atoms with Crippen LogP contribution < -0.4 is 10.6 Å². The van der Waals surface area contributed by atoms with Crippen LogP contribution in [0.5, 0.6) is 0 Å². The number of urea groups is 1. The van der Waals surface area contributed by atoms with Crippen LogP contribution in [0.1, 0.15) is 22.8 Å². The van der Waals surface area contributed by atoms with Crippen LogP contribution in [0.2, 0.25) is 0 Å². The van der Waals surface area contributed by atoms with E-state index in [0.717, 1.165) is 5.56 Å². The number of rotatable bonds is 5. The highest BCUT2D eigenvalue weighted by molar-refractivity contribution is 5.89. The lowest BCUT2D eigenvalue weighted by Gasteiger charge is -2.05. The van der Waals surface area contributed by atoms with E-state index < -0.39 is 6.03 Å². The summed E-state index contributed by atoms with van der Waals surface area (Å²) in [4.78, 5) is 16.1. The monoisotopic (exact) mass is 333 g/mol. The molecular weight excluding hydrogens is 318 g/mol. The lowest BCUT2D eigenvalue weighted by Crippen LogP contribution is -2.28. The summed E-state index contributed by atoms with van der Waals surface area (Å²) in [7, 11) is 0. The third kappa shape index (κ3) is 4.65. The van der Waals surface area contributed by atoms with Crippen LogP contribution in [0.3, 0.4) is 0 Å². The minimum atomic E-state index is -0.419. The van der Waals surface area contributed by atoms with E-state index >= 15 is 0 Å². The first-order chi connectivity index (χ1) is 12.2. The van der Waals surface area contributed by atoms with Crippen molar-refractivity contribution in [3.8, 4) is 6.07 Å². The molecule has 2 N–H and O–H groups in total. The summed E-state index contributed by atoms with van der Waals surface area (Å²) in [6.45, 7) is 0.117. The Bertz CT molecular complexity index is 899. The van der Waals surface area contributed by atoms with E-state index in [2.05, 4.69) is 20.8 Å². The Balaban J connectivity index is 1.51. The van der Waals surface area contributed by atoms with Crippen LogP contribution in [-0.4, -0.2) is 16.2 Å². The molecule has 2 amide bonds. The van der Waals surface area contributed by atoms with Crippen LogP contribution >= 0.6 is 0 Å². The van der Waals surface area contributed by atoms with E-state index in [-0.39, 0.29) is 6.54 Å². The molecule has 3 rings (SSSR count). The fourth-order valence-electron chi connectivity index (χ4n) is 2.21. The van der Waals surface area contributed by atoms with E-state index in [1.54, 1.807) is 24.3 Å². The maximum atomic E-state index is 11.9. The third-order valence-corrected chi connectivity index (χ3v) is 3.36. The van der Waals surface area contributed by atoms with Crippen molar-refractivity contribution >= 4 is 11.7 Å². The van der Waals surface area contributed by atoms with Gasteiger partial charge in [0.15, 0.2) is 5.82 Å². The number of aromatic nitrogens is 2. The number of carbonyl (C=O) groups is 1. The minimum absolute atomic E-state index is 0.117. The van der Waals surface area contributed by atoms with Crippen molar-refractivity contribution in [3.63, 3.8) is 0 Å². The number of amides is 2. The minimum Gasteiger partial charge on any atom is -0.337 e. The standard InChI is InChI=1S/C18H15N5O2/c19-11-14-7-4-8-15(9-14)21-18(24)20-12-17-22-16(23-25-17)10-13-5-2-1-3-6-13/h1-9H,10,12H2,(H2,20,21,24). The number of carbonyl (C=O) groups excluding carboxylic acids is 1. The zero-order valence-corrected chi connectivity index (χ0v) is 13.3. The van der Waals surface area contributed by atoms with Crippen LogP contribution in [0.4, 0.5) is 10.5 Å². The summed E-state index contributed by atoms with van der Waals surface area (Å²) in [6.07, 6.45) is 0.567. The molecule has 0 atom stereocenters. The van der Waals surface area contributed by atoms with Gasteiger partial charge in [0, 0.05) is 12.1 Å². The molecule has 0 spiro atoms. The van der Waals surface area contributed by atoms with Gasteiger partial charge in [-0.2, -0.15) is 10.2 Å². The predicted molar refractivity (Wildman–Crippen MR) is 90.6 cm³/mol. The van der Waals surface area contributed by atoms with Crippen molar-refractivity contribution in [2.24, 2.45) is 0 Å². The molecular formula is C18H15N5O2. The Labute approximate surface area is 144 Å². The first kappa shape index (κ1) is 16.2. The van der Waals surface area contributed by atoms with Gasteiger partial charge in [-0.3, -0.25) is 0 Å². The van der Waals surface area contributed by atoms with E-state index in [9.17, 15) is 4.79 Å². The number of nitriles is 1. The fraction of sp³-hybridized carbons (Fsp3) is 0.111. The molecule has 7 heteroatoms. The first-order valence-electron chi connectivity index (χ1n) is 7.63. The normalized spacial score (nSPS) is 10.0. The molecule has 3 aromatic rings. The molecule has 0 bridgehead atoms. The van der Waals surface area contributed by atoms with Crippen LogP contribution in [0.25, 0.3) is 0 Å². The lowest BCUT2D eigenvalue weighted by molar-refractivity contribution is 0.249. The highest BCUT2D eigenvalue weighted by Gasteiger charge is 2.09. The summed E-state index contributed by atoms with van der Waals surface area (Å²) in [6, 6.07) is 18.1. The molecule has 2 aromatic carbocycles. The molecule has 0 radical (unpaired) electrons. The SMILES string of the molecule is N#Cc1cccc(NC(=O)NCc2nc(Cc3ccccc3)no2)c1. The van der Waals surface area contributed by atoms with Crippen molar-refractivity contribution in [3.05, 3.63) is 77.4 Å². The molecule has 0 aliphatic carbocycles. The summed E-state index contributed by atoms with van der Waals surface area (Å²) in [5.41, 5.74) is 2.09. The second kappa shape index (κ2) is 7.75. The van der Waals surface area contributed by atoms with E-state index in [4.69, 9.17) is 9.78 Å². The molecule has 0 aliphatic rings. The second-order valence-corrected chi connectivity index (χ2v) is 5.27. The average Bonchev–Trinajstić information content (AvgIpc) is 3.08. The third-order valence-electron chi connectivity index (χ3n) is 3.36. The fourth-order valence-corrected chi connectivity index (χ4v) is 2.21. The van der Waals surface area contributed by atoms with Crippen molar-refractivity contribution in [2.45, 2.75) is 13.0 Å². The van der Waals surface area contributed by atoms with Gasteiger partial charge in [-0.05, 0) is 23.8 Å². The van der Waals surface area contributed by atoms with Gasteiger partial charge in [0.1, 0.15) is 0 Å². The molecule has 0 saturated heterocycles. The van der Waals surface area contributed by atoms with E-state index in [1.807, 2.05) is 36.4 Å². The Morgan fingerprint density at radius 1 is 1.16 bits per heavy atom. The van der Waals surface area contributed by atoms with Crippen molar-refractivity contribution in [2.75, 3.05) is 5.32 Å². The van der Waals surface area contributed by atoms with Gasteiger partial charge < -0.3 is 15.2 Å². The van der Waals surface area contributed by atoms with E-state index in [1.165, 1.54) is 0 Å². The van der Waals surface area contributed by atoms with Crippen LogP contribution in [0, 0.1) is 11.3 Å². The highest BCUT2D eigenvalue weighted by Crippen LogP contribution is 2.10. The molecule has 0 saturated carbocycles. The summed E-state index contributed by atoms with van der Waals surface area (Å²) in [5.74, 6) is 0.886. The summed E-state index contributed by atoms with van der Waals surface area (Å²) >= 11 is 0. The topological polar surface area (TPSA) is 104 Å². The Hall–Kier alpha value is -3.66. The van der Waals surface area contributed by atoms with Gasteiger partial charge in [0.05, 0.1) is 18.2 Å². The molecule has 124 valence electrons. The molecule has 7 nitrogen and oxygen atoms in total. The van der Waals surface area contributed by atoms with Gasteiger partial charge in [-0.25, -0.2) is 4.79 Å².